The number of rotatable bonds is 4. The summed E-state index contributed by atoms with van der Waals surface area (Å²) in [6.07, 6.45) is 1.44. The lowest BCUT2D eigenvalue weighted by Crippen LogP contribution is -2.09. The average molecular weight is 400 g/mol. The maximum absolute atomic E-state index is 12.3. The monoisotopic (exact) mass is 399 g/mol. The van der Waals surface area contributed by atoms with Gasteiger partial charge in [0.05, 0.1) is 11.3 Å². The number of carbonyl (C=O) groups is 1. The number of carbonyl (C=O) groups excluding carboxylic acids is 1. The molecule has 6 heteroatoms. The van der Waals surface area contributed by atoms with Crippen molar-refractivity contribution in [3.05, 3.63) is 87.4 Å². The summed E-state index contributed by atoms with van der Waals surface area (Å²) in [6, 6.07) is 16.8. The molecule has 27 heavy (non-hydrogen) atoms. The predicted octanol–water partition coefficient (Wildman–Crippen LogP) is 5.98. The molecule has 0 saturated heterocycles. The van der Waals surface area contributed by atoms with Gasteiger partial charge in [-0.15, -0.1) is 0 Å². The first-order valence-electron chi connectivity index (χ1n) is 8.03. The van der Waals surface area contributed by atoms with Crippen LogP contribution in [0.15, 0.2) is 65.7 Å². The van der Waals surface area contributed by atoms with E-state index in [2.05, 4.69) is 4.99 Å². The van der Waals surface area contributed by atoms with Gasteiger partial charge in [-0.1, -0.05) is 40.9 Å². The lowest BCUT2D eigenvalue weighted by molar-refractivity contribution is 0.0729. The molecule has 0 fully saturated rings. The number of esters is 1. The second kappa shape index (κ2) is 8.25. The Labute approximate surface area is 166 Å². The average Bonchev–Trinajstić information content (AvgIpc) is 2.64. The van der Waals surface area contributed by atoms with Gasteiger partial charge in [-0.05, 0) is 49.4 Å². The fourth-order valence-corrected chi connectivity index (χ4v) is 2.72. The smallest absolute Gasteiger partial charge is 0.343 e. The second-order valence-corrected chi connectivity index (χ2v) is 6.71. The van der Waals surface area contributed by atoms with Crippen LogP contribution in [0, 0.1) is 6.92 Å². The Morgan fingerprint density at radius 2 is 1.78 bits per heavy atom. The molecule has 0 heterocycles. The number of ether oxygens (including phenoxy) is 1. The van der Waals surface area contributed by atoms with Gasteiger partial charge in [-0.2, -0.15) is 0 Å². The summed E-state index contributed by atoms with van der Waals surface area (Å²) in [6.45, 7) is 1.87. The van der Waals surface area contributed by atoms with Crippen molar-refractivity contribution in [2.45, 2.75) is 6.92 Å². The Morgan fingerprint density at radius 3 is 2.48 bits per heavy atom. The molecule has 3 rings (SSSR count). The number of hydrogen-bond donors (Lipinski definition) is 1. The van der Waals surface area contributed by atoms with E-state index in [1.54, 1.807) is 42.5 Å². The van der Waals surface area contributed by atoms with Crippen molar-refractivity contribution in [3.63, 3.8) is 0 Å². The molecule has 0 aliphatic carbocycles. The van der Waals surface area contributed by atoms with Gasteiger partial charge >= 0.3 is 5.97 Å². The first kappa shape index (κ1) is 19.0. The Balaban J connectivity index is 1.86. The lowest BCUT2D eigenvalue weighted by Gasteiger charge is -2.09. The molecule has 0 bridgehead atoms. The first-order chi connectivity index (χ1) is 12.9. The summed E-state index contributed by atoms with van der Waals surface area (Å²) in [5.41, 5.74) is 2.28. The summed E-state index contributed by atoms with van der Waals surface area (Å²) in [5.74, 6) is -0.846. The van der Waals surface area contributed by atoms with Crippen molar-refractivity contribution in [1.29, 1.82) is 0 Å². The number of aryl methyl sites for hydroxylation is 1. The number of phenolic OH excluding ortho intramolecular Hbond substituents is 1. The van der Waals surface area contributed by atoms with Crippen LogP contribution in [-0.4, -0.2) is 17.3 Å². The van der Waals surface area contributed by atoms with Gasteiger partial charge in [0.15, 0.2) is 11.5 Å². The van der Waals surface area contributed by atoms with Gasteiger partial charge in [0.1, 0.15) is 0 Å². The van der Waals surface area contributed by atoms with E-state index in [1.807, 2.05) is 13.0 Å². The van der Waals surface area contributed by atoms with E-state index in [4.69, 9.17) is 27.9 Å². The highest BCUT2D eigenvalue weighted by Gasteiger charge is 2.15. The first-order valence-corrected chi connectivity index (χ1v) is 8.79. The number of benzene rings is 3. The van der Waals surface area contributed by atoms with Crippen LogP contribution < -0.4 is 4.74 Å². The SMILES string of the molecule is Cc1cccc(C(=O)Oc2cc(Cl)cc(C=Nc3ccc(Cl)cc3)c2O)c1. The largest absolute Gasteiger partial charge is 0.504 e. The molecule has 136 valence electrons. The maximum Gasteiger partial charge on any atom is 0.343 e. The highest BCUT2D eigenvalue weighted by molar-refractivity contribution is 6.31. The van der Waals surface area contributed by atoms with Crippen molar-refractivity contribution < 1.29 is 14.6 Å². The van der Waals surface area contributed by atoms with E-state index in [1.165, 1.54) is 18.3 Å². The van der Waals surface area contributed by atoms with Crippen LogP contribution in [0.1, 0.15) is 21.5 Å². The highest BCUT2D eigenvalue weighted by atomic mass is 35.5. The molecule has 0 aromatic heterocycles. The predicted molar refractivity (Wildman–Crippen MR) is 108 cm³/mol. The molecule has 0 unspecified atom stereocenters. The summed E-state index contributed by atoms with van der Waals surface area (Å²) < 4.78 is 5.32. The van der Waals surface area contributed by atoms with Gasteiger partial charge in [-0.25, -0.2) is 4.79 Å². The van der Waals surface area contributed by atoms with Crippen LogP contribution in [0.4, 0.5) is 5.69 Å². The Hall–Kier alpha value is -2.82. The van der Waals surface area contributed by atoms with Crippen molar-refractivity contribution >= 4 is 41.1 Å². The van der Waals surface area contributed by atoms with Crippen LogP contribution >= 0.6 is 23.2 Å². The molecule has 0 aliphatic heterocycles. The van der Waals surface area contributed by atoms with E-state index >= 15 is 0 Å². The van der Waals surface area contributed by atoms with Crippen LogP contribution in [-0.2, 0) is 0 Å². The highest BCUT2D eigenvalue weighted by Crippen LogP contribution is 2.33. The summed E-state index contributed by atoms with van der Waals surface area (Å²) in [5, 5.41) is 11.3. The van der Waals surface area contributed by atoms with Crippen LogP contribution in [0.25, 0.3) is 0 Å². The topological polar surface area (TPSA) is 58.9 Å². The summed E-state index contributed by atoms with van der Waals surface area (Å²) in [4.78, 5) is 16.6. The van der Waals surface area contributed by atoms with Gasteiger partial charge in [0, 0.05) is 27.9 Å². The molecule has 0 saturated carbocycles. The minimum Gasteiger partial charge on any atom is -0.504 e. The Bertz CT molecular complexity index is 1010. The van der Waals surface area contributed by atoms with E-state index in [-0.39, 0.29) is 11.5 Å². The fourth-order valence-electron chi connectivity index (χ4n) is 2.37. The maximum atomic E-state index is 12.3. The van der Waals surface area contributed by atoms with Crippen molar-refractivity contribution in [1.82, 2.24) is 0 Å². The van der Waals surface area contributed by atoms with Crippen LogP contribution in [0.5, 0.6) is 11.5 Å². The standard InChI is InChI=1S/C21H15Cl2NO3/c1-13-3-2-4-14(9-13)21(26)27-19-11-17(23)10-15(20(19)25)12-24-18-7-5-16(22)6-8-18/h2-12,25H,1H3. The lowest BCUT2D eigenvalue weighted by atomic mass is 10.1. The fraction of sp³-hybridized carbons (Fsp3) is 0.0476. The van der Waals surface area contributed by atoms with Crippen LogP contribution in [0.2, 0.25) is 10.0 Å². The number of nitrogens with zero attached hydrogens (tertiary/aromatic N) is 1. The number of aliphatic imine (C=N–C) groups is 1. The van der Waals surface area contributed by atoms with Crippen molar-refractivity contribution in [2.75, 3.05) is 0 Å². The van der Waals surface area contributed by atoms with Crippen molar-refractivity contribution in [3.8, 4) is 11.5 Å². The minimum absolute atomic E-state index is 0.0356. The van der Waals surface area contributed by atoms with Gasteiger partial charge in [-0.3, -0.25) is 4.99 Å². The molecule has 0 spiro atoms. The third-order valence-electron chi connectivity index (χ3n) is 3.70. The Kier molecular flexibility index (Phi) is 5.79. The van der Waals surface area contributed by atoms with Gasteiger partial charge in [0.25, 0.3) is 0 Å². The summed E-state index contributed by atoms with van der Waals surface area (Å²) >= 11 is 11.9. The van der Waals surface area contributed by atoms with E-state index in [9.17, 15) is 9.90 Å². The van der Waals surface area contributed by atoms with Crippen LogP contribution in [0.3, 0.4) is 0 Å². The van der Waals surface area contributed by atoms with Gasteiger partial charge < -0.3 is 9.84 Å². The second-order valence-electron chi connectivity index (χ2n) is 5.84. The zero-order valence-electron chi connectivity index (χ0n) is 14.3. The third-order valence-corrected chi connectivity index (χ3v) is 4.18. The third kappa shape index (κ3) is 4.88. The minimum atomic E-state index is -0.586. The van der Waals surface area contributed by atoms with E-state index < -0.39 is 5.97 Å². The van der Waals surface area contributed by atoms with Crippen molar-refractivity contribution in [2.24, 2.45) is 4.99 Å². The molecular formula is C21H15Cl2NO3. The molecule has 3 aromatic carbocycles. The molecule has 3 aromatic rings. The number of aromatic hydroxyl groups is 1. The molecule has 1 N–H and O–H groups in total. The molecule has 0 radical (unpaired) electrons. The van der Waals surface area contributed by atoms with E-state index in [0.29, 0.717) is 26.9 Å². The summed E-state index contributed by atoms with van der Waals surface area (Å²) in [7, 11) is 0. The molecule has 0 aliphatic rings. The molecule has 0 atom stereocenters. The quantitative estimate of drug-likeness (QED) is 0.333. The number of phenols is 1. The number of halogens is 2. The Morgan fingerprint density at radius 1 is 1.04 bits per heavy atom. The molecule has 0 amide bonds. The van der Waals surface area contributed by atoms with Gasteiger partial charge in [0.2, 0.25) is 0 Å². The molecule has 4 nitrogen and oxygen atoms in total. The normalized spacial score (nSPS) is 10.9. The van der Waals surface area contributed by atoms with E-state index in [0.717, 1.165) is 5.56 Å². The molecular weight excluding hydrogens is 385 g/mol. The number of hydrogen-bond acceptors (Lipinski definition) is 4. The zero-order valence-corrected chi connectivity index (χ0v) is 15.8. The zero-order chi connectivity index (χ0) is 19.4.